The Balaban J connectivity index is 1.91. The SMILES string of the molecule is CC1CCC(c2nc(C3CC3)n(C(C)C)c2N)CC1. The second kappa shape index (κ2) is 4.84. The lowest BCUT2D eigenvalue weighted by molar-refractivity contribution is 0.345. The number of nitrogen functional groups attached to an aromatic ring is 1. The fraction of sp³-hybridized carbons (Fsp3) is 0.812. The van der Waals surface area contributed by atoms with Crippen molar-refractivity contribution in [1.29, 1.82) is 0 Å². The van der Waals surface area contributed by atoms with Gasteiger partial charge in [-0.05, 0) is 45.4 Å². The molecule has 3 heteroatoms. The van der Waals surface area contributed by atoms with E-state index in [2.05, 4.69) is 25.3 Å². The summed E-state index contributed by atoms with van der Waals surface area (Å²) < 4.78 is 2.30. The van der Waals surface area contributed by atoms with E-state index in [-0.39, 0.29) is 0 Å². The van der Waals surface area contributed by atoms with E-state index >= 15 is 0 Å². The molecule has 0 unspecified atom stereocenters. The molecule has 0 radical (unpaired) electrons. The van der Waals surface area contributed by atoms with Crippen molar-refractivity contribution in [1.82, 2.24) is 9.55 Å². The molecule has 0 amide bonds. The van der Waals surface area contributed by atoms with Crippen molar-refractivity contribution in [3.8, 4) is 0 Å². The summed E-state index contributed by atoms with van der Waals surface area (Å²) in [5, 5.41) is 0. The molecule has 3 nitrogen and oxygen atoms in total. The minimum Gasteiger partial charge on any atom is -0.384 e. The van der Waals surface area contributed by atoms with E-state index in [0.717, 1.165) is 11.7 Å². The Morgan fingerprint density at radius 2 is 1.63 bits per heavy atom. The van der Waals surface area contributed by atoms with Crippen molar-refractivity contribution in [2.45, 2.75) is 77.2 Å². The molecule has 19 heavy (non-hydrogen) atoms. The summed E-state index contributed by atoms with van der Waals surface area (Å²) in [4.78, 5) is 4.98. The van der Waals surface area contributed by atoms with Gasteiger partial charge >= 0.3 is 0 Å². The summed E-state index contributed by atoms with van der Waals surface area (Å²) in [5.41, 5.74) is 7.65. The van der Waals surface area contributed by atoms with E-state index in [4.69, 9.17) is 10.7 Å². The first-order valence-electron chi connectivity index (χ1n) is 7.95. The van der Waals surface area contributed by atoms with Gasteiger partial charge in [0.2, 0.25) is 0 Å². The van der Waals surface area contributed by atoms with Crippen LogP contribution in [0.2, 0.25) is 0 Å². The summed E-state index contributed by atoms with van der Waals surface area (Å²) in [7, 11) is 0. The van der Waals surface area contributed by atoms with Crippen molar-refractivity contribution in [3.05, 3.63) is 11.5 Å². The van der Waals surface area contributed by atoms with Gasteiger partial charge in [0.25, 0.3) is 0 Å². The maximum absolute atomic E-state index is 6.44. The summed E-state index contributed by atoms with van der Waals surface area (Å²) >= 11 is 0. The molecule has 0 aliphatic heterocycles. The van der Waals surface area contributed by atoms with Crippen molar-refractivity contribution in [2.75, 3.05) is 5.73 Å². The second-order valence-corrected chi connectivity index (χ2v) is 6.94. The largest absolute Gasteiger partial charge is 0.384 e. The maximum Gasteiger partial charge on any atom is 0.127 e. The third kappa shape index (κ3) is 2.39. The quantitative estimate of drug-likeness (QED) is 0.885. The number of aromatic nitrogens is 2. The summed E-state index contributed by atoms with van der Waals surface area (Å²) in [5.74, 6) is 4.39. The first kappa shape index (κ1) is 13.0. The van der Waals surface area contributed by atoms with Gasteiger partial charge in [0, 0.05) is 17.9 Å². The van der Waals surface area contributed by atoms with E-state index in [1.54, 1.807) is 0 Å². The van der Waals surface area contributed by atoms with Gasteiger partial charge in [-0.3, -0.25) is 0 Å². The fourth-order valence-electron chi connectivity index (χ4n) is 3.49. The molecule has 0 atom stereocenters. The Hall–Kier alpha value is -0.990. The van der Waals surface area contributed by atoms with Crippen LogP contribution in [0.3, 0.4) is 0 Å². The number of nitrogens with two attached hydrogens (primary N) is 1. The molecular formula is C16H27N3. The minimum atomic E-state index is 0.430. The highest BCUT2D eigenvalue weighted by atomic mass is 15.2. The topological polar surface area (TPSA) is 43.8 Å². The average molecular weight is 261 g/mol. The van der Waals surface area contributed by atoms with Crippen LogP contribution in [0.15, 0.2) is 0 Å². The van der Waals surface area contributed by atoms with Crippen molar-refractivity contribution >= 4 is 5.82 Å². The molecule has 0 bridgehead atoms. The normalized spacial score (nSPS) is 28.0. The molecular weight excluding hydrogens is 234 g/mol. The standard InChI is InChI=1S/C16H27N3/c1-10(2)19-15(17)14(18-16(19)13-8-9-13)12-6-4-11(3)5-7-12/h10-13H,4-9,17H2,1-3H3. The van der Waals surface area contributed by atoms with Crippen LogP contribution in [0.4, 0.5) is 5.82 Å². The molecule has 1 heterocycles. The van der Waals surface area contributed by atoms with Crippen LogP contribution in [-0.4, -0.2) is 9.55 Å². The molecule has 1 aromatic rings. The van der Waals surface area contributed by atoms with Gasteiger partial charge < -0.3 is 10.3 Å². The summed E-state index contributed by atoms with van der Waals surface area (Å²) in [6.07, 6.45) is 7.79. The van der Waals surface area contributed by atoms with Gasteiger partial charge in [0.15, 0.2) is 0 Å². The molecule has 2 fully saturated rings. The molecule has 106 valence electrons. The third-order valence-electron chi connectivity index (χ3n) is 4.87. The fourth-order valence-corrected chi connectivity index (χ4v) is 3.49. The number of hydrogen-bond donors (Lipinski definition) is 1. The highest BCUT2D eigenvalue weighted by Gasteiger charge is 2.33. The molecule has 2 aliphatic rings. The Morgan fingerprint density at radius 3 is 2.16 bits per heavy atom. The highest BCUT2D eigenvalue weighted by Crippen LogP contribution is 2.44. The zero-order valence-corrected chi connectivity index (χ0v) is 12.5. The van der Waals surface area contributed by atoms with Gasteiger partial charge in [0.1, 0.15) is 11.6 Å². The predicted octanol–water partition coefficient (Wildman–Crippen LogP) is 4.22. The van der Waals surface area contributed by atoms with E-state index in [1.807, 2.05) is 0 Å². The first-order valence-corrected chi connectivity index (χ1v) is 7.95. The number of anilines is 1. The Labute approximate surface area is 116 Å². The van der Waals surface area contributed by atoms with Gasteiger partial charge in [-0.1, -0.05) is 19.8 Å². The van der Waals surface area contributed by atoms with Crippen LogP contribution in [0, 0.1) is 5.92 Å². The molecule has 2 saturated carbocycles. The maximum atomic E-state index is 6.44. The van der Waals surface area contributed by atoms with Gasteiger partial charge in [-0.15, -0.1) is 0 Å². The Bertz CT molecular complexity index is 449. The minimum absolute atomic E-state index is 0.430. The lowest BCUT2D eigenvalue weighted by Gasteiger charge is -2.25. The second-order valence-electron chi connectivity index (χ2n) is 6.94. The van der Waals surface area contributed by atoms with E-state index < -0.39 is 0 Å². The molecule has 0 saturated heterocycles. The Kier molecular flexibility index (Phi) is 3.32. The number of nitrogens with zero attached hydrogens (tertiary/aromatic N) is 2. The lowest BCUT2D eigenvalue weighted by Crippen LogP contribution is -2.13. The van der Waals surface area contributed by atoms with Gasteiger partial charge in [-0.25, -0.2) is 4.98 Å². The number of imidazole rings is 1. The van der Waals surface area contributed by atoms with Crippen molar-refractivity contribution in [3.63, 3.8) is 0 Å². The van der Waals surface area contributed by atoms with E-state index in [9.17, 15) is 0 Å². The monoisotopic (exact) mass is 261 g/mol. The van der Waals surface area contributed by atoms with Crippen molar-refractivity contribution in [2.24, 2.45) is 5.92 Å². The average Bonchev–Trinajstić information content (AvgIpc) is 3.14. The van der Waals surface area contributed by atoms with Crippen molar-refractivity contribution < 1.29 is 0 Å². The molecule has 3 rings (SSSR count). The van der Waals surface area contributed by atoms with E-state index in [0.29, 0.717) is 17.9 Å². The van der Waals surface area contributed by atoms with Gasteiger partial charge in [0.05, 0.1) is 5.69 Å². The Morgan fingerprint density at radius 1 is 1.05 bits per heavy atom. The van der Waals surface area contributed by atoms with Crippen LogP contribution in [-0.2, 0) is 0 Å². The van der Waals surface area contributed by atoms with Gasteiger partial charge in [-0.2, -0.15) is 0 Å². The lowest BCUT2D eigenvalue weighted by atomic mass is 9.81. The zero-order chi connectivity index (χ0) is 13.6. The van der Waals surface area contributed by atoms with Crippen LogP contribution in [0.1, 0.15) is 88.7 Å². The smallest absolute Gasteiger partial charge is 0.127 e. The predicted molar refractivity (Wildman–Crippen MR) is 79.4 cm³/mol. The first-order chi connectivity index (χ1) is 9.08. The third-order valence-corrected chi connectivity index (χ3v) is 4.87. The molecule has 0 spiro atoms. The van der Waals surface area contributed by atoms with Crippen LogP contribution >= 0.6 is 0 Å². The number of hydrogen-bond acceptors (Lipinski definition) is 2. The van der Waals surface area contributed by atoms with E-state index in [1.165, 1.54) is 50.0 Å². The molecule has 2 aliphatic carbocycles. The van der Waals surface area contributed by atoms with Crippen LogP contribution < -0.4 is 5.73 Å². The van der Waals surface area contributed by atoms with Crippen LogP contribution in [0.5, 0.6) is 0 Å². The zero-order valence-electron chi connectivity index (χ0n) is 12.5. The van der Waals surface area contributed by atoms with Crippen LogP contribution in [0.25, 0.3) is 0 Å². The molecule has 2 N–H and O–H groups in total. The number of rotatable bonds is 3. The molecule has 0 aromatic carbocycles. The summed E-state index contributed by atoms with van der Waals surface area (Å²) in [6.45, 7) is 6.80. The highest BCUT2D eigenvalue weighted by molar-refractivity contribution is 5.42. The summed E-state index contributed by atoms with van der Waals surface area (Å²) in [6, 6.07) is 0.430. The molecule has 1 aromatic heterocycles.